The van der Waals surface area contributed by atoms with Crippen LogP contribution in [-0.4, -0.2) is 19.7 Å². The Kier molecular flexibility index (Phi) is 3.34. The summed E-state index contributed by atoms with van der Waals surface area (Å²) in [5.41, 5.74) is 0.652. The standard InChI is InChI=1S/C12H16FNO/c1-9-6-14-7-12(15-8-9)10-4-2-3-5-11(10)13/h2-5,9,12,14H,6-8H2,1H3. The Morgan fingerprint density at radius 2 is 2.13 bits per heavy atom. The monoisotopic (exact) mass is 209 g/mol. The molecule has 1 saturated heterocycles. The summed E-state index contributed by atoms with van der Waals surface area (Å²) < 4.78 is 19.2. The van der Waals surface area contributed by atoms with Crippen molar-refractivity contribution in [1.82, 2.24) is 5.32 Å². The van der Waals surface area contributed by atoms with E-state index in [2.05, 4.69) is 12.2 Å². The second-order valence-electron chi connectivity index (χ2n) is 4.11. The number of nitrogens with one attached hydrogen (secondary N) is 1. The predicted molar refractivity (Wildman–Crippen MR) is 57.1 cm³/mol. The van der Waals surface area contributed by atoms with E-state index in [1.807, 2.05) is 6.07 Å². The molecule has 1 heterocycles. The van der Waals surface area contributed by atoms with Gasteiger partial charge in [-0.3, -0.25) is 0 Å². The minimum Gasteiger partial charge on any atom is -0.372 e. The fourth-order valence-electron chi connectivity index (χ4n) is 1.80. The minimum absolute atomic E-state index is 0.156. The number of hydrogen-bond donors (Lipinski definition) is 1. The molecule has 3 heteroatoms. The van der Waals surface area contributed by atoms with Gasteiger partial charge in [0.05, 0.1) is 12.7 Å². The van der Waals surface area contributed by atoms with E-state index >= 15 is 0 Å². The summed E-state index contributed by atoms with van der Waals surface area (Å²) in [7, 11) is 0. The van der Waals surface area contributed by atoms with Gasteiger partial charge in [-0.05, 0) is 12.0 Å². The zero-order chi connectivity index (χ0) is 10.7. The minimum atomic E-state index is -0.182. The summed E-state index contributed by atoms with van der Waals surface area (Å²) in [6.45, 7) is 4.43. The molecule has 1 fully saturated rings. The van der Waals surface area contributed by atoms with Crippen LogP contribution >= 0.6 is 0 Å². The topological polar surface area (TPSA) is 21.3 Å². The third-order valence-electron chi connectivity index (χ3n) is 2.66. The van der Waals surface area contributed by atoms with Crippen molar-refractivity contribution in [2.75, 3.05) is 19.7 Å². The lowest BCUT2D eigenvalue weighted by molar-refractivity contribution is 0.0493. The molecule has 2 unspecified atom stereocenters. The molecule has 2 atom stereocenters. The number of ether oxygens (including phenoxy) is 1. The highest BCUT2D eigenvalue weighted by molar-refractivity contribution is 5.20. The molecule has 0 spiro atoms. The first kappa shape index (κ1) is 10.6. The molecule has 0 aromatic heterocycles. The molecule has 1 aromatic rings. The van der Waals surface area contributed by atoms with E-state index < -0.39 is 0 Å². The van der Waals surface area contributed by atoms with Crippen LogP contribution in [0.25, 0.3) is 0 Å². The van der Waals surface area contributed by atoms with Crippen molar-refractivity contribution in [3.8, 4) is 0 Å². The van der Waals surface area contributed by atoms with E-state index in [1.165, 1.54) is 6.07 Å². The molecule has 2 nitrogen and oxygen atoms in total. The summed E-state index contributed by atoms with van der Waals surface area (Å²) >= 11 is 0. The first-order valence-corrected chi connectivity index (χ1v) is 5.34. The highest BCUT2D eigenvalue weighted by Crippen LogP contribution is 2.22. The molecule has 2 rings (SSSR count). The highest BCUT2D eigenvalue weighted by atomic mass is 19.1. The van der Waals surface area contributed by atoms with Gasteiger partial charge in [0, 0.05) is 18.7 Å². The SMILES string of the molecule is CC1CNCC(c2ccccc2F)OC1. The molecule has 0 bridgehead atoms. The van der Waals surface area contributed by atoms with Gasteiger partial charge in [-0.1, -0.05) is 25.1 Å². The molecule has 1 aromatic carbocycles. The van der Waals surface area contributed by atoms with E-state index in [1.54, 1.807) is 12.1 Å². The van der Waals surface area contributed by atoms with E-state index in [9.17, 15) is 4.39 Å². The van der Waals surface area contributed by atoms with Gasteiger partial charge >= 0.3 is 0 Å². The maximum absolute atomic E-state index is 13.5. The number of rotatable bonds is 1. The van der Waals surface area contributed by atoms with Crippen molar-refractivity contribution >= 4 is 0 Å². The summed E-state index contributed by atoms with van der Waals surface area (Å²) in [5, 5.41) is 3.28. The van der Waals surface area contributed by atoms with Crippen molar-refractivity contribution in [3.63, 3.8) is 0 Å². The number of halogens is 1. The molecule has 0 amide bonds. The fraction of sp³-hybridized carbons (Fsp3) is 0.500. The number of hydrogen-bond acceptors (Lipinski definition) is 2. The third-order valence-corrected chi connectivity index (χ3v) is 2.66. The second kappa shape index (κ2) is 4.73. The van der Waals surface area contributed by atoms with Gasteiger partial charge in [-0.2, -0.15) is 0 Å². The molecule has 82 valence electrons. The Hall–Kier alpha value is -0.930. The van der Waals surface area contributed by atoms with Crippen molar-refractivity contribution in [2.24, 2.45) is 5.92 Å². The zero-order valence-corrected chi connectivity index (χ0v) is 8.87. The van der Waals surface area contributed by atoms with Gasteiger partial charge in [0.2, 0.25) is 0 Å². The van der Waals surface area contributed by atoms with Gasteiger partial charge in [-0.25, -0.2) is 4.39 Å². The largest absolute Gasteiger partial charge is 0.372 e. The Morgan fingerprint density at radius 3 is 2.93 bits per heavy atom. The lowest BCUT2D eigenvalue weighted by atomic mass is 10.1. The third kappa shape index (κ3) is 2.55. The lowest BCUT2D eigenvalue weighted by Crippen LogP contribution is -2.22. The molecular weight excluding hydrogens is 193 g/mol. The van der Waals surface area contributed by atoms with Crippen LogP contribution in [0.3, 0.4) is 0 Å². The Morgan fingerprint density at radius 1 is 1.33 bits per heavy atom. The van der Waals surface area contributed by atoms with Crippen molar-refractivity contribution in [2.45, 2.75) is 13.0 Å². The van der Waals surface area contributed by atoms with E-state index in [4.69, 9.17) is 4.74 Å². The molecular formula is C12H16FNO. The van der Waals surface area contributed by atoms with Crippen LogP contribution in [0, 0.1) is 11.7 Å². The number of benzene rings is 1. The van der Waals surface area contributed by atoms with E-state index in [-0.39, 0.29) is 11.9 Å². The van der Waals surface area contributed by atoms with Gasteiger partial charge in [0.25, 0.3) is 0 Å². The van der Waals surface area contributed by atoms with Crippen LogP contribution < -0.4 is 5.32 Å². The Bertz CT molecular complexity index is 329. The van der Waals surface area contributed by atoms with Gasteiger partial charge in [-0.15, -0.1) is 0 Å². The average molecular weight is 209 g/mol. The summed E-state index contributed by atoms with van der Waals surface area (Å²) in [6.07, 6.45) is -0.156. The average Bonchev–Trinajstić information content (AvgIpc) is 2.44. The highest BCUT2D eigenvalue weighted by Gasteiger charge is 2.19. The van der Waals surface area contributed by atoms with Gasteiger partial charge < -0.3 is 10.1 Å². The molecule has 1 aliphatic heterocycles. The Balaban J connectivity index is 2.13. The quantitative estimate of drug-likeness (QED) is 0.765. The van der Waals surface area contributed by atoms with Crippen LogP contribution in [0.4, 0.5) is 4.39 Å². The van der Waals surface area contributed by atoms with Crippen LogP contribution in [-0.2, 0) is 4.74 Å². The van der Waals surface area contributed by atoms with E-state index in [0.29, 0.717) is 24.6 Å². The van der Waals surface area contributed by atoms with Crippen molar-refractivity contribution < 1.29 is 9.13 Å². The molecule has 1 aliphatic rings. The molecule has 15 heavy (non-hydrogen) atoms. The van der Waals surface area contributed by atoms with Gasteiger partial charge in [0.15, 0.2) is 0 Å². The Labute approximate surface area is 89.4 Å². The summed E-state index contributed by atoms with van der Waals surface area (Å²) in [6, 6.07) is 6.81. The summed E-state index contributed by atoms with van der Waals surface area (Å²) in [5.74, 6) is 0.306. The smallest absolute Gasteiger partial charge is 0.129 e. The lowest BCUT2D eigenvalue weighted by Gasteiger charge is -2.16. The van der Waals surface area contributed by atoms with Crippen LogP contribution in [0.2, 0.25) is 0 Å². The van der Waals surface area contributed by atoms with Gasteiger partial charge in [0.1, 0.15) is 5.82 Å². The predicted octanol–water partition coefficient (Wildman–Crippen LogP) is 2.12. The van der Waals surface area contributed by atoms with Crippen molar-refractivity contribution in [1.29, 1.82) is 0 Å². The van der Waals surface area contributed by atoms with Crippen LogP contribution in [0.1, 0.15) is 18.6 Å². The zero-order valence-electron chi connectivity index (χ0n) is 8.87. The van der Waals surface area contributed by atoms with Crippen LogP contribution in [0.15, 0.2) is 24.3 Å². The summed E-state index contributed by atoms with van der Waals surface area (Å²) in [4.78, 5) is 0. The van der Waals surface area contributed by atoms with Crippen LogP contribution in [0.5, 0.6) is 0 Å². The molecule has 1 N–H and O–H groups in total. The maximum atomic E-state index is 13.5. The fourth-order valence-corrected chi connectivity index (χ4v) is 1.80. The molecule has 0 saturated carbocycles. The first-order valence-electron chi connectivity index (χ1n) is 5.34. The van der Waals surface area contributed by atoms with E-state index in [0.717, 1.165) is 6.54 Å². The normalized spacial score (nSPS) is 27.3. The first-order chi connectivity index (χ1) is 7.27. The van der Waals surface area contributed by atoms with Crippen molar-refractivity contribution in [3.05, 3.63) is 35.6 Å². The molecule has 0 aliphatic carbocycles. The second-order valence-corrected chi connectivity index (χ2v) is 4.11. The maximum Gasteiger partial charge on any atom is 0.129 e. The molecule has 0 radical (unpaired) electrons.